The van der Waals surface area contributed by atoms with Gasteiger partial charge in [-0.05, 0) is 17.2 Å². The highest BCUT2D eigenvalue weighted by atomic mass is 16.6. The van der Waals surface area contributed by atoms with Crippen molar-refractivity contribution in [3.8, 4) is 0 Å². The Bertz CT molecular complexity index is 692. The molecule has 0 aliphatic carbocycles. The lowest BCUT2D eigenvalue weighted by Gasteiger charge is -2.34. The lowest BCUT2D eigenvalue weighted by atomic mass is 10.1. The number of rotatable bonds is 2. The summed E-state index contributed by atoms with van der Waals surface area (Å²) < 4.78 is 9.42. The van der Waals surface area contributed by atoms with E-state index in [1.807, 2.05) is 6.92 Å². The molecule has 0 spiro atoms. The zero-order chi connectivity index (χ0) is 15.7. The van der Waals surface area contributed by atoms with E-state index in [-0.39, 0.29) is 6.09 Å². The van der Waals surface area contributed by atoms with E-state index in [0.29, 0.717) is 36.5 Å². The van der Waals surface area contributed by atoms with E-state index in [1.54, 1.807) is 4.90 Å². The first-order chi connectivity index (χ1) is 10.6. The van der Waals surface area contributed by atoms with Gasteiger partial charge in [0, 0.05) is 44.0 Å². The fourth-order valence-electron chi connectivity index (χ4n) is 2.63. The molecule has 0 radical (unpaired) electrons. The van der Waals surface area contributed by atoms with Gasteiger partial charge in [-0.2, -0.15) is 0 Å². The third-order valence-electron chi connectivity index (χ3n) is 3.95. The van der Waals surface area contributed by atoms with E-state index in [1.165, 1.54) is 7.11 Å². The van der Waals surface area contributed by atoms with Gasteiger partial charge < -0.3 is 15.4 Å². The molecule has 1 aliphatic rings. The quantitative estimate of drug-likeness (QED) is 0.848. The monoisotopic (exact) mass is 306 g/mol. The van der Waals surface area contributed by atoms with E-state index in [4.69, 9.17) is 10.5 Å². The number of nitrogens with two attached hydrogens (primary N) is 1. The third kappa shape index (κ3) is 2.54. The number of hydrogen-bond acceptors (Lipinski definition) is 8. The van der Waals surface area contributed by atoms with Gasteiger partial charge in [-0.25, -0.2) is 14.4 Å². The Morgan fingerprint density at radius 1 is 1.32 bits per heavy atom. The van der Waals surface area contributed by atoms with Crippen LogP contribution in [0.5, 0.6) is 0 Å². The Kier molecular flexibility index (Phi) is 3.80. The zero-order valence-electron chi connectivity index (χ0n) is 12.6. The van der Waals surface area contributed by atoms with Crippen LogP contribution in [0.3, 0.4) is 0 Å². The Labute approximate surface area is 127 Å². The number of aromatic nitrogens is 3. The van der Waals surface area contributed by atoms with Crippen molar-refractivity contribution >= 4 is 22.9 Å². The number of amides is 1. The highest BCUT2D eigenvalue weighted by Crippen LogP contribution is 2.24. The first kappa shape index (κ1) is 14.5. The van der Waals surface area contributed by atoms with Gasteiger partial charge in [0.05, 0.1) is 12.8 Å². The molecular formula is C13H18N6O3. The largest absolute Gasteiger partial charge is 0.453 e. The van der Waals surface area contributed by atoms with Crippen LogP contribution in [0.2, 0.25) is 0 Å². The molecule has 22 heavy (non-hydrogen) atoms. The van der Waals surface area contributed by atoms with Gasteiger partial charge in [-0.15, -0.1) is 0 Å². The van der Waals surface area contributed by atoms with Crippen LogP contribution in [0.4, 0.5) is 10.5 Å². The molecule has 0 atom stereocenters. The average molecular weight is 306 g/mol. The number of methoxy groups -OCH3 is 1. The number of aryl methyl sites for hydroxylation is 1. The number of piperazine rings is 1. The van der Waals surface area contributed by atoms with Gasteiger partial charge in [0.2, 0.25) is 5.65 Å². The van der Waals surface area contributed by atoms with Crippen molar-refractivity contribution in [3.63, 3.8) is 0 Å². The fourth-order valence-corrected chi connectivity index (χ4v) is 2.63. The van der Waals surface area contributed by atoms with Gasteiger partial charge in [-0.3, -0.25) is 4.90 Å². The van der Waals surface area contributed by atoms with Crippen LogP contribution in [0.25, 0.3) is 11.2 Å². The second-order valence-corrected chi connectivity index (χ2v) is 5.26. The minimum absolute atomic E-state index is 0.285. The molecule has 0 unspecified atom stereocenters. The Morgan fingerprint density at radius 3 is 2.73 bits per heavy atom. The summed E-state index contributed by atoms with van der Waals surface area (Å²) in [6, 6.07) is 0. The molecule has 1 fully saturated rings. The number of anilines is 1. The number of ether oxygens (including phenoxy) is 1. The predicted molar refractivity (Wildman–Crippen MR) is 78.0 cm³/mol. The highest BCUT2D eigenvalue weighted by molar-refractivity contribution is 5.85. The van der Waals surface area contributed by atoms with Crippen LogP contribution in [-0.4, -0.2) is 64.5 Å². The molecule has 2 aromatic rings. The molecule has 3 heterocycles. The van der Waals surface area contributed by atoms with Gasteiger partial charge in [-0.1, -0.05) is 0 Å². The summed E-state index contributed by atoms with van der Waals surface area (Å²) in [7, 11) is 1.39. The van der Waals surface area contributed by atoms with E-state index < -0.39 is 0 Å². The number of carbonyl (C=O) groups excluding carboxylic acids is 1. The minimum atomic E-state index is -0.285. The van der Waals surface area contributed by atoms with Crippen molar-refractivity contribution in [1.82, 2.24) is 25.1 Å². The molecule has 1 amide bonds. The van der Waals surface area contributed by atoms with E-state index in [0.717, 1.165) is 24.3 Å². The SMILES string of the molecule is COC(=O)N1CCN(Cc2c(C)nc3nonc3c2N)CC1. The molecule has 0 saturated carbocycles. The second-order valence-electron chi connectivity index (χ2n) is 5.26. The topological polar surface area (TPSA) is 111 Å². The van der Waals surface area contributed by atoms with Crippen molar-refractivity contribution in [1.29, 1.82) is 0 Å². The summed E-state index contributed by atoms with van der Waals surface area (Å²) in [5.41, 5.74) is 9.38. The summed E-state index contributed by atoms with van der Waals surface area (Å²) >= 11 is 0. The van der Waals surface area contributed by atoms with Gasteiger partial charge >= 0.3 is 6.09 Å². The van der Waals surface area contributed by atoms with Crippen LogP contribution in [-0.2, 0) is 11.3 Å². The normalized spacial score (nSPS) is 16.2. The lowest BCUT2D eigenvalue weighted by molar-refractivity contribution is 0.0888. The Hall–Kier alpha value is -2.42. The summed E-state index contributed by atoms with van der Waals surface area (Å²) in [5.74, 6) is 0. The minimum Gasteiger partial charge on any atom is -0.453 e. The number of fused-ring (bicyclic) bond motifs is 1. The molecule has 118 valence electrons. The van der Waals surface area contributed by atoms with Crippen molar-refractivity contribution in [2.45, 2.75) is 13.5 Å². The summed E-state index contributed by atoms with van der Waals surface area (Å²) in [6.45, 7) is 5.32. The number of nitrogen functional groups attached to an aromatic ring is 1. The Morgan fingerprint density at radius 2 is 2.05 bits per heavy atom. The van der Waals surface area contributed by atoms with Gasteiger partial charge in [0.25, 0.3) is 0 Å². The number of hydrogen-bond donors (Lipinski definition) is 1. The molecule has 3 rings (SSSR count). The van der Waals surface area contributed by atoms with Crippen molar-refractivity contribution in [2.75, 3.05) is 39.0 Å². The molecule has 1 aliphatic heterocycles. The van der Waals surface area contributed by atoms with Crippen LogP contribution in [0.15, 0.2) is 4.63 Å². The lowest BCUT2D eigenvalue weighted by Crippen LogP contribution is -2.48. The highest BCUT2D eigenvalue weighted by Gasteiger charge is 2.23. The van der Waals surface area contributed by atoms with E-state index >= 15 is 0 Å². The molecule has 2 aromatic heterocycles. The average Bonchev–Trinajstić information content (AvgIpc) is 2.99. The maximum Gasteiger partial charge on any atom is 0.409 e. The Balaban J connectivity index is 1.73. The maximum atomic E-state index is 11.5. The van der Waals surface area contributed by atoms with E-state index in [2.05, 4.69) is 24.8 Å². The molecule has 0 bridgehead atoms. The third-order valence-corrected chi connectivity index (χ3v) is 3.95. The molecule has 1 saturated heterocycles. The summed E-state index contributed by atoms with van der Waals surface area (Å²) in [5, 5.41) is 7.52. The van der Waals surface area contributed by atoms with Crippen molar-refractivity contribution in [2.24, 2.45) is 0 Å². The molecule has 9 nitrogen and oxygen atoms in total. The van der Waals surface area contributed by atoms with Gasteiger partial charge in [0.1, 0.15) is 0 Å². The van der Waals surface area contributed by atoms with Crippen LogP contribution < -0.4 is 5.73 Å². The first-order valence-corrected chi connectivity index (χ1v) is 7.02. The predicted octanol–water partition coefficient (Wildman–Crippen LogP) is 0.392. The van der Waals surface area contributed by atoms with Crippen molar-refractivity contribution in [3.05, 3.63) is 11.3 Å². The van der Waals surface area contributed by atoms with Crippen molar-refractivity contribution < 1.29 is 14.2 Å². The maximum absolute atomic E-state index is 11.5. The number of carbonyl (C=O) groups is 1. The number of pyridine rings is 1. The zero-order valence-corrected chi connectivity index (χ0v) is 12.6. The summed E-state index contributed by atoms with van der Waals surface area (Å²) in [6.07, 6.45) is -0.285. The smallest absolute Gasteiger partial charge is 0.409 e. The van der Waals surface area contributed by atoms with Gasteiger partial charge in [0.15, 0.2) is 5.52 Å². The molecule has 0 aromatic carbocycles. The summed E-state index contributed by atoms with van der Waals surface area (Å²) in [4.78, 5) is 19.8. The molecule has 9 heteroatoms. The standard InChI is InChI=1S/C13H18N6O3/c1-8-9(10(14)11-12(15-8)17-22-16-11)7-18-3-5-19(6-4-18)13(20)21-2/h3-7,14H2,1-2H3. The fraction of sp³-hybridized carbons (Fsp3) is 0.538. The van der Waals surface area contributed by atoms with Crippen LogP contribution in [0.1, 0.15) is 11.3 Å². The van der Waals surface area contributed by atoms with E-state index in [9.17, 15) is 4.79 Å². The van der Waals surface area contributed by atoms with Crippen LogP contribution in [0, 0.1) is 6.92 Å². The molecular weight excluding hydrogens is 288 g/mol. The van der Waals surface area contributed by atoms with Crippen LogP contribution >= 0.6 is 0 Å². The molecule has 2 N–H and O–H groups in total. The first-order valence-electron chi connectivity index (χ1n) is 7.02. The number of nitrogens with zero attached hydrogens (tertiary/aromatic N) is 5. The second kappa shape index (κ2) is 5.76.